The molecular weight excluding hydrogens is 226 g/mol. The van der Waals surface area contributed by atoms with Crippen molar-refractivity contribution in [1.82, 2.24) is 4.98 Å². The van der Waals surface area contributed by atoms with Crippen molar-refractivity contribution < 1.29 is 23.5 Å². The van der Waals surface area contributed by atoms with Gasteiger partial charge in [0.15, 0.2) is 5.76 Å². The zero-order valence-electron chi connectivity index (χ0n) is 9.17. The van der Waals surface area contributed by atoms with Gasteiger partial charge in [0, 0.05) is 0 Å². The second kappa shape index (κ2) is 4.73. The van der Waals surface area contributed by atoms with E-state index in [0.29, 0.717) is 12.4 Å². The summed E-state index contributed by atoms with van der Waals surface area (Å²) in [6.45, 7) is 2.15. The van der Waals surface area contributed by atoms with Crippen molar-refractivity contribution >= 4 is 5.97 Å². The van der Waals surface area contributed by atoms with Gasteiger partial charge in [0.05, 0.1) is 19.3 Å². The fraction of sp³-hybridized carbons (Fsp3) is 0.273. The van der Waals surface area contributed by atoms with Crippen molar-refractivity contribution in [3.63, 3.8) is 0 Å². The van der Waals surface area contributed by atoms with Crippen molar-refractivity contribution in [3.05, 3.63) is 24.1 Å². The number of aliphatic carboxylic acids is 1. The Hall–Kier alpha value is -2.24. The highest BCUT2D eigenvalue weighted by Crippen LogP contribution is 2.28. The molecule has 0 aromatic carbocycles. The molecule has 17 heavy (non-hydrogen) atoms. The monoisotopic (exact) mass is 237 g/mol. The largest absolute Gasteiger partial charge is 0.481 e. The summed E-state index contributed by atoms with van der Waals surface area (Å²) in [5.41, 5.74) is 0.255. The maximum absolute atomic E-state index is 10.7. The predicted molar refractivity (Wildman–Crippen MR) is 56.7 cm³/mol. The zero-order valence-corrected chi connectivity index (χ0v) is 9.17. The van der Waals surface area contributed by atoms with Crippen LogP contribution in [0.5, 0.6) is 5.95 Å². The summed E-state index contributed by atoms with van der Waals surface area (Å²) < 4.78 is 15.6. The van der Waals surface area contributed by atoms with E-state index < -0.39 is 5.97 Å². The first-order valence-corrected chi connectivity index (χ1v) is 5.09. The summed E-state index contributed by atoms with van der Waals surface area (Å²) in [6, 6.07) is 3.36. The van der Waals surface area contributed by atoms with Gasteiger partial charge in [-0.25, -0.2) is 4.98 Å². The fourth-order valence-corrected chi connectivity index (χ4v) is 1.34. The Morgan fingerprint density at radius 2 is 2.41 bits per heavy atom. The number of hydrogen-bond donors (Lipinski definition) is 1. The quantitative estimate of drug-likeness (QED) is 0.855. The molecule has 1 N–H and O–H groups in total. The van der Waals surface area contributed by atoms with Gasteiger partial charge in [-0.3, -0.25) is 4.79 Å². The number of nitrogens with zero attached hydrogens (tertiary/aromatic N) is 1. The average Bonchev–Trinajstić information content (AvgIpc) is 2.87. The summed E-state index contributed by atoms with van der Waals surface area (Å²) in [6.07, 6.45) is 1.23. The van der Waals surface area contributed by atoms with E-state index in [0.717, 1.165) is 0 Å². The Morgan fingerprint density at radius 3 is 3.00 bits per heavy atom. The SMILES string of the molecule is CCOc1oc(-c2ccco2)nc1CC(=O)O. The molecule has 0 spiro atoms. The summed E-state index contributed by atoms with van der Waals surface area (Å²) in [7, 11) is 0. The molecule has 90 valence electrons. The molecule has 2 rings (SSSR count). The molecule has 0 saturated heterocycles. The molecule has 2 aromatic heterocycles. The minimum Gasteiger partial charge on any atom is -0.481 e. The lowest BCUT2D eigenvalue weighted by Crippen LogP contribution is -2.03. The Labute approximate surface area is 96.8 Å². The highest BCUT2D eigenvalue weighted by atomic mass is 16.6. The van der Waals surface area contributed by atoms with Crippen LogP contribution in [0, 0.1) is 0 Å². The van der Waals surface area contributed by atoms with E-state index in [1.165, 1.54) is 6.26 Å². The topological polar surface area (TPSA) is 85.7 Å². The van der Waals surface area contributed by atoms with Crippen molar-refractivity contribution in [2.45, 2.75) is 13.3 Å². The summed E-state index contributed by atoms with van der Waals surface area (Å²) >= 11 is 0. The van der Waals surface area contributed by atoms with E-state index >= 15 is 0 Å². The zero-order chi connectivity index (χ0) is 12.3. The first-order chi connectivity index (χ1) is 8.20. The van der Waals surface area contributed by atoms with Gasteiger partial charge in [-0.15, -0.1) is 0 Å². The van der Waals surface area contributed by atoms with Crippen LogP contribution < -0.4 is 4.74 Å². The van der Waals surface area contributed by atoms with Crippen LogP contribution in [0.3, 0.4) is 0 Å². The van der Waals surface area contributed by atoms with Crippen LogP contribution in [0.2, 0.25) is 0 Å². The number of carbonyl (C=O) groups is 1. The molecular formula is C11H11NO5. The minimum atomic E-state index is -0.995. The number of carboxylic acid groups (broad SMARTS) is 1. The molecule has 0 aliphatic carbocycles. The highest BCUT2D eigenvalue weighted by Gasteiger charge is 2.19. The number of oxazole rings is 1. The maximum Gasteiger partial charge on any atom is 0.309 e. The average molecular weight is 237 g/mol. The van der Waals surface area contributed by atoms with Gasteiger partial charge in [0.2, 0.25) is 0 Å². The maximum atomic E-state index is 10.7. The van der Waals surface area contributed by atoms with Gasteiger partial charge in [0.1, 0.15) is 5.69 Å². The van der Waals surface area contributed by atoms with Crippen molar-refractivity contribution in [2.24, 2.45) is 0 Å². The molecule has 0 atom stereocenters. The van der Waals surface area contributed by atoms with Crippen LogP contribution in [0.1, 0.15) is 12.6 Å². The Morgan fingerprint density at radius 1 is 1.59 bits per heavy atom. The van der Waals surface area contributed by atoms with Crippen LogP contribution >= 0.6 is 0 Å². The van der Waals surface area contributed by atoms with E-state index in [-0.39, 0.29) is 24.0 Å². The number of ether oxygens (including phenoxy) is 1. The molecule has 6 nitrogen and oxygen atoms in total. The second-order valence-corrected chi connectivity index (χ2v) is 3.23. The Kier molecular flexibility index (Phi) is 3.13. The second-order valence-electron chi connectivity index (χ2n) is 3.23. The van der Waals surface area contributed by atoms with E-state index in [9.17, 15) is 4.79 Å². The number of furan rings is 1. The third-order valence-electron chi connectivity index (χ3n) is 1.99. The van der Waals surface area contributed by atoms with Gasteiger partial charge in [-0.2, -0.15) is 0 Å². The van der Waals surface area contributed by atoms with E-state index in [4.69, 9.17) is 18.7 Å². The minimum absolute atomic E-state index is 0.126. The Balaban J connectivity index is 2.33. The van der Waals surface area contributed by atoms with E-state index in [1.54, 1.807) is 19.1 Å². The van der Waals surface area contributed by atoms with Gasteiger partial charge in [-0.05, 0) is 19.1 Å². The normalized spacial score (nSPS) is 10.4. The first kappa shape index (κ1) is 11.3. The van der Waals surface area contributed by atoms with Crippen LogP contribution in [0.25, 0.3) is 11.7 Å². The molecule has 6 heteroatoms. The molecule has 0 saturated carbocycles. The first-order valence-electron chi connectivity index (χ1n) is 5.09. The van der Waals surface area contributed by atoms with E-state index in [2.05, 4.69) is 4.98 Å². The van der Waals surface area contributed by atoms with Crippen LogP contribution in [0.4, 0.5) is 0 Å². The smallest absolute Gasteiger partial charge is 0.309 e. The molecule has 0 bridgehead atoms. The third-order valence-corrected chi connectivity index (χ3v) is 1.99. The van der Waals surface area contributed by atoms with E-state index in [1.807, 2.05) is 0 Å². The van der Waals surface area contributed by atoms with Gasteiger partial charge >= 0.3 is 11.9 Å². The third kappa shape index (κ3) is 2.47. The summed E-state index contributed by atoms with van der Waals surface area (Å²) in [5.74, 6) is -0.219. The summed E-state index contributed by atoms with van der Waals surface area (Å²) in [5, 5.41) is 8.74. The van der Waals surface area contributed by atoms with Crippen LogP contribution in [-0.4, -0.2) is 22.7 Å². The highest BCUT2D eigenvalue weighted by molar-refractivity contribution is 5.70. The predicted octanol–water partition coefficient (Wildman–Crippen LogP) is 1.96. The van der Waals surface area contributed by atoms with Crippen molar-refractivity contribution in [3.8, 4) is 17.6 Å². The molecule has 2 aromatic rings. The molecule has 2 heterocycles. The molecule has 0 amide bonds. The van der Waals surface area contributed by atoms with Gasteiger partial charge in [0.25, 0.3) is 5.89 Å². The lowest BCUT2D eigenvalue weighted by molar-refractivity contribution is -0.136. The van der Waals surface area contributed by atoms with Crippen molar-refractivity contribution in [1.29, 1.82) is 0 Å². The fourth-order valence-electron chi connectivity index (χ4n) is 1.34. The summed E-state index contributed by atoms with van der Waals surface area (Å²) in [4.78, 5) is 14.7. The number of rotatable bonds is 5. The van der Waals surface area contributed by atoms with Crippen LogP contribution in [0.15, 0.2) is 27.2 Å². The lowest BCUT2D eigenvalue weighted by atomic mass is 10.3. The van der Waals surface area contributed by atoms with Gasteiger partial charge in [-0.1, -0.05) is 0 Å². The number of hydrogen-bond acceptors (Lipinski definition) is 5. The van der Waals surface area contributed by atoms with Gasteiger partial charge < -0.3 is 18.7 Å². The standard InChI is InChI=1S/C11H11NO5/c1-2-15-11-7(6-9(13)14)12-10(17-11)8-4-3-5-16-8/h3-5H,2,6H2,1H3,(H,13,14). The molecule has 0 aliphatic rings. The lowest BCUT2D eigenvalue weighted by Gasteiger charge is -1.97. The Bertz CT molecular complexity index is 500. The molecule has 0 aliphatic heterocycles. The van der Waals surface area contributed by atoms with Crippen molar-refractivity contribution in [2.75, 3.05) is 6.61 Å². The number of aromatic nitrogens is 1. The van der Waals surface area contributed by atoms with Crippen LogP contribution in [-0.2, 0) is 11.2 Å². The molecule has 0 unspecified atom stereocenters. The molecule has 0 radical (unpaired) electrons. The number of carboxylic acids is 1. The molecule has 0 fully saturated rings.